The largest absolute Gasteiger partial charge is 0.493 e. The van der Waals surface area contributed by atoms with Gasteiger partial charge in [0, 0.05) is 11.4 Å². The molecule has 0 aliphatic heterocycles. The molecule has 0 amide bonds. The smallest absolute Gasteiger partial charge is 0.490 e. The highest BCUT2D eigenvalue weighted by Gasteiger charge is 2.38. The zero-order valence-electron chi connectivity index (χ0n) is 21.2. The van der Waals surface area contributed by atoms with Crippen molar-refractivity contribution in [2.24, 2.45) is 16.6 Å². The summed E-state index contributed by atoms with van der Waals surface area (Å²) in [5, 5.41) is 20.5. The number of hydrogen-bond acceptors (Lipinski definition) is 7. The molecular weight excluding hydrogens is 585 g/mol. The molecule has 12 nitrogen and oxygen atoms in total. The summed E-state index contributed by atoms with van der Waals surface area (Å²) in [7, 11) is -4.08. The van der Waals surface area contributed by atoms with Crippen LogP contribution in [0.5, 0.6) is 5.75 Å². The fourth-order valence-electron chi connectivity index (χ4n) is 2.87. The first-order valence-electron chi connectivity index (χ1n) is 11.2. The molecule has 2 aromatic rings. The quantitative estimate of drug-likeness (QED) is 0.102. The van der Waals surface area contributed by atoms with Gasteiger partial charge in [0.2, 0.25) is 16.0 Å². The van der Waals surface area contributed by atoms with Crippen LogP contribution in [0.2, 0.25) is 5.02 Å². The SMILES string of the molecule is Cc1cc(S(=O)(=O)N[C@@H](Cc2ccc(OCCCON=C(N)N)cc2)C(=O)O)c(C)cc1Cl.O=C(O)C(F)(F)F. The zero-order chi connectivity index (χ0) is 30.7. The van der Waals surface area contributed by atoms with Crippen LogP contribution in [-0.2, 0) is 30.9 Å². The van der Waals surface area contributed by atoms with Gasteiger partial charge < -0.3 is 31.3 Å². The number of benzene rings is 2. The molecule has 0 saturated carbocycles. The summed E-state index contributed by atoms with van der Waals surface area (Å²) in [6.07, 6.45) is -4.59. The van der Waals surface area contributed by atoms with E-state index in [2.05, 4.69) is 9.88 Å². The maximum absolute atomic E-state index is 12.8. The van der Waals surface area contributed by atoms with E-state index in [1.54, 1.807) is 38.1 Å². The van der Waals surface area contributed by atoms with Crippen LogP contribution in [0.15, 0.2) is 46.4 Å². The Hall–Kier alpha value is -3.76. The summed E-state index contributed by atoms with van der Waals surface area (Å²) in [6.45, 7) is 3.91. The maximum atomic E-state index is 12.8. The van der Waals surface area contributed by atoms with E-state index in [4.69, 9.17) is 42.5 Å². The van der Waals surface area contributed by atoms with E-state index in [0.29, 0.717) is 40.5 Å². The molecular formula is C23H28ClF3N4O8S. The third-order valence-electron chi connectivity index (χ3n) is 4.77. The minimum Gasteiger partial charge on any atom is -0.493 e. The van der Waals surface area contributed by atoms with E-state index in [-0.39, 0.29) is 23.9 Å². The number of carboxylic acids is 2. The van der Waals surface area contributed by atoms with Gasteiger partial charge in [-0.2, -0.15) is 17.9 Å². The lowest BCUT2D eigenvalue weighted by molar-refractivity contribution is -0.192. The number of hydrogen-bond donors (Lipinski definition) is 5. The van der Waals surface area contributed by atoms with Crippen LogP contribution in [0.25, 0.3) is 0 Å². The fraction of sp³-hybridized carbons (Fsp3) is 0.348. The average molecular weight is 613 g/mol. The number of halogens is 4. The minimum absolute atomic E-state index is 0.0109. The Labute approximate surface area is 232 Å². The Morgan fingerprint density at radius 2 is 1.65 bits per heavy atom. The van der Waals surface area contributed by atoms with Gasteiger partial charge in [-0.1, -0.05) is 23.7 Å². The highest BCUT2D eigenvalue weighted by Crippen LogP contribution is 2.24. The number of ether oxygens (including phenoxy) is 1. The van der Waals surface area contributed by atoms with Crippen molar-refractivity contribution in [3.8, 4) is 5.75 Å². The van der Waals surface area contributed by atoms with Gasteiger partial charge in [-0.05, 0) is 66.4 Å². The summed E-state index contributed by atoms with van der Waals surface area (Å²) < 4.78 is 65.3. The predicted octanol–water partition coefficient (Wildman–Crippen LogP) is 2.54. The lowest BCUT2D eigenvalue weighted by Gasteiger charge is -2.17. The van der Waals surface area contributed by atoms with Gasteiger partial charge in [-0.15, -0.1) is 0 Å². The number of rotatable bonds is 12. The van der Waals surface area contributed by atoms with Gasteiger partial charge in [-0.3, -0.25) is 4.79 Å². The van der Waals surface area contributed by atoms with Crippen molar-refractivity contribution in [2.75, 3.05) is 13.2 Å². The van der Waals surface area contributed by atoms with E-state index in [1.165, 1.54) is 12.1 Å². The third kappa shape index (κ3) is 12.0. The summed E-state index contributed by atoms with van der Waals surface area (Å²) in [5.41, 5.74) is 11.9. The van der Waals surface area contributed by atoms with Crippen LogP contribution in [0.3, 0.4) is 0 Å². The molecule has 0 unspecified atom stereocenters. The lowest BCUT2D eigenvalue weighted by atomic mass is 10.1. The molecule has 222 valence electrons. The second kappa shape index (κ2) is 15.1. The summed E-state index contributed by atoms with van der Waals surface area (Å²) >= 11 is 6.04. The van der Waals surface area contributed by atoms with Crippen LogP contribution in [-0.4, -0.2) is 62.0 Å². The van der Waals surface area contributed by atoms with Gasteiger partial charge in [0.05, 0.1) is 11.5 Å². The van der Waals surface area contributed by atoms with Gasteiger partial charge in [0.1, 0.15) is 18.4 Å². The van der Waals surface area contributed by atoms with Crippen molar-refractivity contribution < 1.29 is 51.0 Å². The number of sulfonamides is 1. The number of nitrogens with two attached hydrogens (primary N) is 2. The number of guanidine groups is 1. The van der Waals surface area contributed by atoms with Crippen molar-refractivity contribution in [3.63, 3.8) is 0 Å². The maximum Gasteiger partial charge on any atom is 0.490 e. The normalized spacial score (nSPS) is 11.9. The van der Waals surface area contributed by atoms with Crippen LogP contribution >= 0.6 is 11.6 Å². The van der Waals surface area contributed by atoms with E-state index < -0.39 is 34.2 Å². The Bertz CT molecular complexity index is 1300. The fourth-order valence-corrected chi connectivity index (χ4v) is 4.58. The Balaban J connectivity index is 0.00000101. The van der Waals surface area contributed by atoms with Crippen molar-refractivity contribution in [3.05, 3.63) is 58.1 Å². The van der Waals surface area contributed by atoms with Crippen LogP contribution < -0.4 is 20.9 Å². The number of nitrogens with one attached hydrogen (secondary N) is 1. The molecule has 0 aromatic heterocycles. The molecule has 0 bridgehead atoms. The van der Waals surface area contributed by atoms with Crippen LogP contribution in [0.1, 0.15) is 23.1 Å². The van der Waals surface area contributed by atoms with Gasteiger partial charge in [0.25, 0.3) is 0 Å². The predicted molar refractivity (Wildman–Crippen MR) is 138 cm³/mol. The van der Waals surface area contributed by atoms with E-state index >= 15 is 0 Å². The lowest BCUT2D eigenvalue weighted by Crippen LogP contribution is -2.42. The molecule has 17 heteroatoms. The molecule has 0 spiro atoms. The number of carbonyl (C=O) groups is 2. The summed E-state index contributed by atoms with van der Waals surface area (Å²) in [6, 6.07) is 8.30. The van der Waals surface area contributed by atoms with Gasteiger partial charge >= 0.3 is 18.1 Å². The number of aliphatic carboxylic acids is 2. The summed E-state index contributed by atoms with van der Waals surface area (Å²) in [5.74, 6) is -3.64. The van der Waals surface area contributed by atoms with Gasteiger partial charge in [-0.25, -0.2) is 13.2 Å². The zero-order valence-corrected chi connectivity index (χ0v) is 22.8. The van der Waals surface area contributed by atoms with Crippen molar-refractivity contribution in [1.29, 1.82) is 0 Å². The van der Waals surface area contributed by atoms with E-state index in [0.717, 1.165) is 0 Å². The molecule has 0 fully saturated rings. The Morgan fingerprint density at radius 3 is 2.15 bits per heavy atom. The molecule has 2 aromatic carbocycles. The van der Waals surface area contributed by atoms with E-state index in [9.17, 15) is 31.5 Å². The molecule has 0 radical (unpaired) electrons. The highest BCUT2D eigenvalue weighted by atomic mass is 35.5. The number of alkyl halides is 3. The van der Waals surface area contributed by atoms with Crippen molar-refractivity contribution >= 4 is 39.5 Å². The van der Waals surface area contributed by atoms with E-state index in [1.807, 2.05) is 0 Å². The molecule has 0 aliphatic rings. The van der Waals surface area contributed by atoms with Crippen LogP contribution in [0, 0.1) is 13.8 Å². The number of aryl methyl sites for hydroxylation is 2. The molecule has 2 rings (SSSR count). The first-order valence-corrected chi connectivity index (χ1v) is 13.0. The second-order valence-electron chi connectivity index (χ2n) is 8.08. The number of nitrogens with zero attached hydrogens (tertiary/aromatic N) is 1. The van der Waals surface area contributed by atoms with Crippen molar-refractivity contribution in [1.82, 2.24) is 4.72 Å². The first-order chi connectivity index (χ1) is 18.4. The van der Waals surface area contributed by atoms with Crippen molar-refractivity contribution in [2.45, 2.75) is 43.8 Å². The molecule has 40 heavy (non-hydrogen) atoms. The first kappa shape index (κ1) is 34.3. The second-order valence-corrected chi connectivity index (χ2v) is 10.2. The highest BCUT2D eigenvalue weighted by molar-refractivity contribution is 7.89. The van der Waals surface area contributed by atoms with Crippen LogP contribution in [0.4, 0.5) is 13.2 Å². The molecule has 1 atom stereocenters. The summed E-state index contributed by atoms with van der Waals surface area (Å²) in [4.78, 5) is 25.5. The minimum atomic E-state index is -5.08. The Morgan fingerprint density at radius 1 is 1.07 bits per heavy atom. The standard InChI is InChI=1S/C21H27ClN4O6S.C2HF3O2/c1-13-11-19(14(2)10-17(13)22)33(29,30)26-18(20(27)28)12-15-4-6-16(7-5-15)31-8-3-9-32-25-21(23)24;3-2(4,5)1(6)7/h4-7,10-11,18,26H,3,8-9,12H2,1-2H3,(H,27,28)(H4,23,24,25);(H,6,7)/t18-;/m0./s1. The number of carboxylic acid groups (broad SMARTS) is 2. The average Bonchev–Trinajstić information content (AvgIpc) is 2.83. The molecule has 0 saturated heterocycles. The third-order valence-corrected chi connectivity index (χ3v) is 6.79. The molecule has 0 heterocycles. The monoisotopic (exact) mass is 612 g/mol. The molecule has 7 N–H and O–H groups in total. The van der Waals surface area contributed by atoms with Gasteiger partial charge in [0.15, 0.2) is 0 Å². The topological polar surface area (TPSA) is 204 Å². The number of oxime groups is 1. The Kier molecular flexibility index (Phi) is 13.0. The molecule has 0 aliphatic carbocycles.